The van der Waals surface area contributed by atoms with Gasteiger partial charge in [-0.15, -0.1) is 0 Å². The molecule has 1 aliphatic heterocycles. The van der Waals surface area contributed by atoms with Crippen molar-refractivity contribution in [3.63, 3.8) is 0 Å². The molecule has 1 fully saturated rings. The summed E-state index contributed by atoms with van der Waals surface area (Å²) in [6, 6.07) is 7.58. The SMILES string of the molecule is COc1cc(C(=O)N2CCN(c3cc(C)ncn3)CC2)ccc1C. The monoisotopic (exact) mass is 326 g/mol. The van der Waals surface area contributed by atoms with Gasteiger partial charge in [0, 0.05) is 43.5 Å². The van der Waals surface area contributed by atoms with Gasteiger partial charge < -0.3 is 14.5 Å². The van der Waals surface area contributed by atoms with Crippen LogP contribution in [0.15, 0.2) is 30.6 Å². The predicted octanol–water partition coefficient (Wildman–Crippen LogP) is 2.06. The zero-order chi connectivity index (χ0) is 17.1. The van der Waals surface area contributed by atoms with Crippen LogP contribution in [0.3, 0.4) is 0 Å². The van der Waals surface area contributed by atoms with Crippen molar-refractivity contribution in [1.82, 2.24) is 14.9 Å². The van der Waals surface area contributed by atoms with Gasteiger partial charge in [0.25, 0.3) is 5.91 Å². The molecule has 2 heterocycles. The Hall–Kier alpha value is -2.63. The van der Waals surface area contributed by atoms with E-state index in [0.29, 0.717) is 18.7 Å². The number of methoxy groups -OCH3 is 1. The van der Waals surface area contributed by atoms with Crippen LogP contribution >= 0.6 is 0 Å². The van der Waals surface area contributed by atoms with Crippen molar-refractivity contribution in [3.05, 3.63) is 47.4 Å². The number of carbonyl (C=O) groups is 1. The molecule has 0 unspecified atom stereocenters. The number of nitrogens with zero attached hydrogens (tertiary/aromatic N) is 4. The van der Waals surface area contributed by atoms with E-state index in [4.69, 9.17) is 4.74 Å². The summed E-state index contributed by atoms with van der Waals surface area (Å²) in [5, 5.41) is 0. The van der Waals surface area contributed by atoms with E-state index < -0.39 is 0 Å². The van der Waals surface area contributed by atoms with Crippen molar-refractivity contribution in [2.24, 2.45) is 0 Å². The molecule has 1 aliphatic rings. The number of anilines is 1. The summed E-state index contributed by atoms with van der Waals surface area (Å²) < 4.78 is 5.32. The maximum atomic E-state index is 12.7. The highest BCUT2D eigenvalue weighted by atomic mass is 16.5. The summed E-state index contributed by atoms with van der Waals surface area (Å²) in [6.07, 6.45) is 1.58. The Bertz CT molecular complexity index is 740. The number of hydrogen-bond acceptors (Lipinski definition) is 5. The second-order valence-corrected chi connectivity index (χ2v) is 5.98. The number of ether oxygens (including phenoxy) is 1. The lowest BCUT2D eigenvalue weighted by Gasteiger charge is -2.35. The molecule has 1 aromatic heterocycles. The van der Waals surface area contributed by atoms with Crippen LogP contribution in [0.2, 0.25) is 0 Å². The smallest absolute Gasteiger partial charge is 0.254 e. The fraction of sp³-hybridized carbons (Fsp3) is 0.389. The predicted molar refractivity (Wildman–Crippen MR) is 92.6 cm³/mol. The van der Waals surface area contributed by atoms with Crippen molar-refractivity contribution in [2.45, 2.75) is 13.8 Å². The molecular weight excluding hydrogens is 304 g/mol. The molecular formula is C18H22N4O2. The average Bonchev–Trinajstić information content (AvgIpc) is 2.62. The maximum absolute atomic E-state index is 12.7. The number of piperazine rings is 1. The number of amides is 1. The van der Waals surface area contributed by atoms with Crippen molar-refractivity contribution in [3.8, 4) is 5.75 Å². The van der Waals surface area contributed by atoms with Crippen LogP contribution in [0.25, 0.3) is 0 Å². The van der Waals surface area contributed by atoms with Gasteiger partial charge in [-0.1, -0.05) is 6.07 Å². The molecule has 0 atom stereocenters. The van der Waals surface area contributed by atoms with Gasteiger partial charge in [0.05, 0.1) is 7.11 Å². The summed E-state index contributed by atoms with van der Waals surface area (Å²) in [5.41, 5.74) is 2.65. The third-order valence-electron chi connectivity index (χ3n) is 4.34. The standard InChI is InChI=1S/C18H22N4O2/c1-13-4-5-15(11-16(13)24-3)18(23)22-8-6-21(7-9-22)17-10-14(2)19-12-20-17/h4-5,10-12H,6-9H2,1-3H3. The van der Waals surface area contributed by atoms with Crippen LogP contribution in [0, 0.1) is 13.8 Å². The quantitative estimate of drug-likeness (QED) is 0.864. The summed E-state index contributed by atoms with van der Waals surface area (Å²) in [6.45, 7) is 6.82. The first-order valence-electron chi connectivity index (χ1n) is 8.06. The van der Waals surface area contributed by atoms with Crippen LogP contribution in [0.4, 0.5) is 5.82 Å². The van der Waals surface area contributed by atoms with E-state index in [9.17, 15) is 4.79 Å². The first kappa shape index (κ1) is 16.2. The molecule has 24 heavy (non-hydrogen) atoms. The summed E-state index contributed by atoms with van der Waals surface area (Å²) in [7, 11) is 1.62. The van der Waals surface area contributed by atoms with Crippen LogP contribution < -0.4 is 9.64 Å². The highest BCUT2D eigenvalue weighted by molar-refractivity contribution is 5.95. The number of aromatic nitrogens is 2. The van der Waals surface area contributed by atoms with Crippen LogP contribution in [0.5, 0.6) is 5.75 Å². The lowest BCUT2D eigenvalue weighted by atomic mass is 10.1. The molecule has 0 radical (unpaired) electrons. The third-order valence-corrected chi connectivity index (χ3v) is 4.34. The van der Waals surface area contributed by atoms with E-state index in [1.54, 1.807) is 13.4 Å². The zero-order valence-corrected chi connectivity index (χ0v) is 14.3. The van der Waals surface area contributed by atoms with E-state index in [1.807, 2.05) is 43.0 Å². The minimum atomic E-state index is 0.0480. The number of benzene rings is 1. The summed E-state index contributed by atoms with van der Waals surface area (Å²) >= 11 is 0. The molecule has 0 bridgehead atoms. The molecule has 2 aromatic rings. The van der Waals surface area contributed by atoms with E-state index in [-0.39, 0.29) is 5.91 Å². The largest absolute Gasteiger partial charge is 0.496 e. The first-order valence-corrected chi connectivity index (χ1v) is 8.06. The topological polar surface area (TPSA) is 58.6 Å². The van der Waals surface area contributed by atoms with Gasteiger partial charge >= 0.3 is 0 Å². The van der Waals surface area contributed by atoms with E-state index >= 15 is 0 Å². The third kappa shape index (κ3) is 3.32. The Kier molecular flexibility index (Phi) is 4.64. The lowest BCUT2D eigenvalue weighted by Crippen LogP contribution is -2.49. The zero-order valence-electron chi connectivity index (χ0n) is 14.3. The molecule has 0 spiro atoms. The van der Waals surface area contributed by atoms with Gasteiger partial charge in [0.2, 0.25) is 0 Å². The minimum absolute atomic E-state index is 0.0480. The molecule has 0 saturated carbocycles. The number of carbonyl (C=O) groups excluding carboxylic acids is 1. The van der Waals surface area contributed by atoms with Crippen molar-refractivity contribution < 1.29 is 9.53 Å². The van der Waals surface area contributed by atoms with Gasteiger partial charge in [-0.3, -0.25) is 4.79 Å². The van der Waals surface area contributed by atoms with Gasteiger partial charge in [0.1, 0.15) is 17.9 Å². The number of hydrogen-bond donors (Lipinski definition) is 0. The lowest BCUT2D eigenvalue weighted by molar-refractivity contribution is 0.0746. The first-order chi connectivity index (χ1) is 11.6. The van der Waals surface area contributed by atoms with Gasteiger partial charge in [-0.25, -0.2) is 9.97 Å². The van der Waals surface area contributed by atoms with Crippen LogP contribution in [0.1, 0.15) is 21.6 Å². The van der Waals surface area contributed by atoms with Gasteiger partial charge in [-0.05, 0) is 31.5 Å². The van der Waals surface area contributed by atoms with Crippen molar-refractivity contribution in [2.75, 3.05) is 38.2 Å². The highest BCUT2D eigenvalue weighted by Crippen LogP contribution is 2.21. The Morgan fingerprint density at radius 2 is 1.83 bits per heavy atom. The fourth-order valence-corrected chi connectivity index (χ4v) is 2.89. The Labute approximate surface area is 142 Å². The Balaban J connectivity index is 1.67. The molecule has 3 rings (SSSR count). The minimum Gasteiger partial charge on any atom is -0.496 e. The van der Waals surface area contributed by atoms with E-state index in [0.717, 1.165) is 35.9 Å². The normalized spacial score (nSPS) is 14.6. The molecule has 1 aromatic carbocycles. The molecule has 1 saturated heterocycles. The van der Waals surface area contributed by atoms with Crippen LogP contribution in [-0.4, -0.2) is 54.1 Å². The molecule has 126 valence electrons. The average molecular weight is 326 g/mol. The van der Waals surface area contributed by atoms with Gasteiger partial charge in [0.15, 0.2) is 0 Å². The van der Waals surface area contributed by atoms with Crippen molar-refractivity contribution in [1.29, 1.82) is 0 Å². The summed E-state index contributed by atoms with van der Waals surface area (Å²) in [4.78, 5) is 25.2. The Morgan fingerprint density at radius 1 is 1.08 bits per heavy atom. The number of aryl methyl sites for hydroxylation is 2. The fourth-order valence-electron chi connectivity index (χ4n) is 2.89. The molecule has 6 nitrogen and oxygen atoms in total. The van der Waals surface area contributed by atoms with Crippen LogP contribution in [-0.2, 0) is 0 Å². The Morgan fingerprint density at radius 3 is 2.50 bits per heavy atom. The number of rotatable bonds is 3. The highest BCUT2D eigenvalue weighted by Gasteiger charge is 2.23. The maximum Gasteiger partial charge on any atom is 0.254 e. The molecule has 6 heteroatoms. The molecule has 0 N–H and O–H groups in total. The molecule has 1 amide bonds. The molecule has 0 aliphatic carbocycles. The van der Waals surface area contributed by atoms with Gasteiger partial charge in [-0.2, -0.15) is 0 Å². The second-order valence-electron chi connectivity index (χ2n) is 5.98. The van der Waals surface area contributed by atoms with Crippen molar-refractivity contribution >= 4 is 11.7 Å². The van der Waals surface area contributed by atoms with E-state index in [1.165, 1.54) is 0 Å². The summed E-state index contributed by atoms with van der Waals surface area (Å²) in [5.74, 6) is 1.72. The van der Waals surface area contributed by atoms with E-state index in [2.05, 4.69) is 14.9 Å². The second kappa shape index (κ2) is 6.86.